The number of aliphatic hydroxyl groups excluding tert-OH is 1. The number of hydrogen-bond acceptors (Lipinski definition) is 3. The molecule has 0 aliphatic carbocycles. The third-order valence-electron chi connectivity index (χ3n) is 1.74. The van der Waals surface area contributed by atoms with Crippen molar-refractivity contribution in [2.75, 3.05) is 33.3 Å². The van der Waals surface area contributed by atoms with Gasteiger partial charge in [-0.25, -0.2) is 0 Å². The zero-order chi connectivity index (χ0) is 10.3. The van der Waals surface area contributed by atoms with E-state index in [0.717, 1.165) is 18.7 Å². The van der Waals surface area contributed by atoms with Crippen LogP contribution >= 0.6 is 0 Å². The summed E-state index contributed by atoms with van der Waals surface area (Å²) in [6.07, 6.45) is 0. The fraction of sp³-hybridized carbons (Fsp3) is 0.800. The quantitative estimate of drug-likeness (QED) is 0.567. The van der Waals surface area contributed by atoms with E-state index in [4.69, 9.17) is 5.11 Å². The van der Waals surface area contributed by atoms with Crippen LogP contribution in [0.25, 0.3) is 0 Å². The summed E-state index contributed by atoms with van der Waals surface area (Å²) in [6, 6.07) is 0.500. The first kappa shape index (κ1) is 12.6. The van der Waals surface area contributed by atoms with Gasteiger partial charge in [0, 0.05) is 25.7 Å². The van der Waals surface area contributed by atoms with E-state index in [1.165, 1.54) is 0 Å². The monoisotopic (exact) mass is 186 g/mol. The van der Waals surface area contributed by atoms with Crippen LogP contribution in [0.3, 0.4) is 0 Å². The van der Waals surface area contributed by atoms with Crippen LogP contribution in [0.5, 0.6) is 0 Å². The highest BCUT2D eigenvalue weighted by Crippen LogP contribution is 1.93. The van der Waals surface area contributed by atoms with Crippen molar-refractivity contribution in [1.29, 1.82) is 0 Å². The summed E-state index contributed by atoms with van der Waals surface area (Å²) < 4.78 is 0. The van der Waals surface area contributed by atoms with E-state index in [0.29, 0.717) is 12.6 Å². The Morgan fingerprint density at radius 3 is 2.62 bits per heavy atom. The molecule has 0 aromatic carbocycles. The summed E-state index contributed by atoms with van der Waals surface area (Å²) >= 11 is 0. The van der Waals surface area contributed by atoms with Gasteiger partial charge in [0.25, 0.3) is 0 Å². The van der Waals surface area contributed by atoms with Crippen LogP contribution in [0, 0.1) is 0 Å². The molecule has 13 heavy (non-hydrogen) atoms. The zero-order valence-electron chi connectivity index (χ0n) is 9.01. The molecule has 3 heteroatoms. The smallest absolute Gasteiger partial charge is 0.0558 e. The van der Waals surface area contributed by atoms with Crippen molar-refractivity contribution in [3.8, 4) is 0 Å². The van der Waals surface area contributed by atoms with E-state index >= 15 is 0 Å². The Hall–Kier alpha value is -0.380. The van der Waals surface area contributed by atoms with Crippen molar-refractivity contribution in [2.24, 2.45) is 0 Å². The molecule has 2 N–H and O–H groups in total. The molecule has 0 radical (unpaired) electrons. The molecule has 0 amide bonds. The average Bonchev–Trinajstić information content (AvgIpc) is 2.01. The summed E-state index contributed by atoms with van der Waals surface area (Å²) in [5, 5.41) is 12.0. The highest BCUT2D eigenvalue weighted by molar-refractivity contribution is 4.99. The molecule has 0 heterocycles. The lowest BCUT2D eigenvalue weighted by Gasteiger charge is -2.17. The second-order valence-electron chi connectivity index (χ2n) is 3.75. The van der Waals surface area contributed by atoms with Crippen molar-refractivity contribution in [2.45, 2.75) is 19.9 Å². The Balaban J connectivity index is 3.50. The van der Waals surface area contributed by atoms with Gasteiger partial charge in [0.1, 0.15) is 0 Å². The van der Waals surface area contributed by atoms with Crippen molar-refractivity contribution in [3.05, 3.63) is 12.2 Å². The van der Waals surface area contributed by atoms with E-state index in [-0.39, 0.29) is 6.61 Å². The third kappa shape index (κ3) is 7.96. The molecule has 0 spiro atoms. The standard InChI is InChI=1S/C10H22N2O/c1-9(2)11-7-10(3)8-12(4)5-6-13/h9,11,13H,3,5-8H2,1-2,4H3. The Morgan fingerprint density at radius 2 is 2.15 bits per heavy atom. The first-order valence-electron chi connectivity index (χ1n) is 4.75. The Morgan fingerprint density at radius 1 is 1.54 bits per heavy atom. The highest BCUT2D eigenvalue weighted by atomic mass is 16.3. The highest BCUT2D eigenvalue weighted by Gasteiger charge is 2.00. The SMILES string of the molecule is C=C(CNC(C)C)CN(C)CCO. The Labute approximate surface area is 81.4 Å². The second kappa shape index (κ2) is 7.06. The summed E-state index contributed by atoms with van der Waals surface area (Å²) in [4.78, 5) is 2.06. The van der Waals surface area contributed by atoms with Crippen molar-refractivity contribution in [3.63, 3.8) is 0 Å². The van der Waals surface area contributed by atoms with Gasteiger partial charge < -0.3 is 15.3 Å². The summed E-state index contributed by atoms with van der Waals surface area (Å²) in [5.74, 6) is 0. The Kier molecular flexibility index (Phi) is 6.86. The molecular weight excluding hydrogens is 164 g/mol. The number of likely N-dealkylation sites (N-methyl/N-ethyl adjacent to an activating group) is 1. The number of aliphatic hydroxyl groups is 1. The lowest BCUT2D eigenvalue weighted by atomic mass is 10.2. The van der Waals surface area contributed by atoms with Crippen LogP contribution in [0.2, 0.25) is 0 Å². The van der Waals surface area contributed by atoms with Crippen molar-refractivity contribution in [1.82, 2.24) is 10.2 Å². The van der Waals surface area contributed by atoms with E-state index in [1.54, 1.807) is 0 Å². The molecule has 0 bridgehead atoms. The van der Waals surface area contributed by atoms with Gasteiger partial charge in [-0.15, -0.1) is 0 Å². The van der Waals surface area contributed by atoms with Crippen LogP contribution in [0.15, 0.2) is 12.2 Å². The first-order chi connectivity index (χ1) is 6.06. The predicted octanol–water partition coefficient (Wildman–Crippen LogP) is 0.465. The molecule has 0 aliphatic rings. The van der Waals surface area contributed by atoms with Crippen LogP contribution in [0.1, 0.15) is 13.8 Å². The summed E-state index contributed by atoms with van der Waals surface area (Å²) in [5.41, 5.74) is 1.16. The largest absolute Gasteiger partial charge is 0.395 e. The van der Waals surface area contributed by atoms with Gasteiger partial charge >= 0.3 is 0 Å². The molecule has 0 rings (SSSR count). The van der Waals surface area contributed by atoms with Gasteiger partial charge in [0.05, 0.1) is 6.61 Å². The molecule has 0 aromatic rings. The fourth-order valence-corrected chi connectivity index (χ4v) is 1.04. The first-order valence-corrected chi connectivity index (χ1v) is 4.75. The molecular formula is C10H22N2O. The second-order valence-corrected chi connectivity index (χ2v) is 3.75. The third-order valence-corrected chi connectivity index (χ3v) is 1.74. The summed E-state index contributed by atoms with van der Waals surface area (Å²) in [7, 11) is 1.98. The fourth-order valence-electron chi connectivity index (χ4n) is 1.04. The van der Waals surface area contributed by atoms with Gasteiger partial charge in [-0.05, 0) is 12.6 Å². The van der Waals surface area contributed by atoms with E-state index in [2.05, 4.69) is 30.6 Å². The predicted molar refractivity (Wildman–Crippen MR) is 56.9 cm³/mol. The van der Waals surface area contributed by atoms with Gasteiger partial charge in [-0.2, -0.15) is 0 Å². The van der Waals surface area contributed by atoms with Crippen molar-refractivity contribution < 1.29 is 5.11 Å². The van der Waals surface area contributed by atoms with Crippen molar-refractivity contribution >= 4 is 0 Å². The maximum Gasteiger partial charge on any atom is 0.0558 e. The van der Waals surface area contributed by atoms with Gasteiger partial charge in [-0.1, -0.05) is 20.4 Å². The van der Waals surface area contributed by atoms with Crippen LogP contribution in [-0.2, 0) is 0 Å². The Bertz CT molecular complexity index is 146. The maximum atomic E-state index is 8.68. The number of nitrogens with one attached hydrogen (secondary N) is 1. The normalized spacial score (nSPS) is 11.2. The van der Waals surface area contributed by atoms with Gasteiger partial charge in [0.15, 0.2) is 0 Å². The van der Waals surface area contributed by atoms with E-state index in [9.17, 15) is 0 Å². The number of hydrogen-bond donors (Lipinski definition) is 2. The number of rotatable bonds is 7. The lowest BCUT2D eigenvalue weighted by Crippen LogP contribution is -2.30. The lowest BCUT2D eigenvalue weighted by molar-refractivity contribution is 0.229. The van der Waals surface area contributed by atoms with Crippen LogP contribution in [0.4, 0.5) is 0 Å². The summed E-state index contributed by atoms with van der Waals surface area (Å²) in [6.45, 7) is 10.8. The van der Waals surface area contributed by atoms with Gasteiger partial charge in [-0.3, -0.25) is 0 Å². The zero-order valence-corrected chi connectivity index (χ0v) is 9.01. The van der Waals surface area contributed by atoms with Gasteiger partial charge in [0.2, 0.25) is 0 Å². The maximum absolute atomic E-state index is 8.68. The average molecular weight is 186 g/mol. The van der Waals surface area contributed by atoms with E-state index < -0.39 is 0 Å². The molecule has 78 valence electrons. The molecule has 0 unspecified atom stereocenters. The van der Waals surface area contributed by atoms with Crippen LogP contribution in [-0.4, -0.2) is 49.3 Å². The molecule has 0 aliphatic heterocycles. The molecule has 0 saturated carbocycles. The minimum absolute atomic E-state index is 0.210. The molecule has 3 nitrogen and oxygen atoms in total. The molecule has 0 fully saturated rings. The molecule has 0 atom stereocenters. The van der Waals surface area contributed by atoms with Crippen LogP contribution < -0.4 is 5.32 Å². The van der Waals surface area contributed by atoms with E-state index in [1.807, 2.05) is 7.05 Å². The minimum atomic E-state index is 0.210. The topological polar surface area (TPSA) is 35.5 Å². The molecule has 0 aromatic heterocycles. The molecule has 0 saturated heterocycles. The minimum Gasteiger partial charge on any atom is -0.395 e. The number of nitrogens with zero attached hydrogens (tertiary/aromatic N) is 1.